The molecule has 1 amide bonds. The standard InChI is InChI=1S/C14H23N3O2/c1-17-10-12(9-15-17)14(19)16-13(7-8-18)11-5-3-2-4-6-11/h9-11,13,18H,2-8H2,1H3,(H,16,19). The van der Waals surface area contributed by atoms with Gasteiger partial charge in [0.2, 0.25) is 0 Å². The number of aliphatic hydroxyl groups excluding tert-OH is 1. The van der Waals surface area contributed by atoms with Crippen LogP contribution < -0.4 is 5.32 Å². The second-order valence-corrected chi connectivity index (χ2v) is 5.39. The van der Waals surface area contributed by atoms with E-state index in [1.54, 1.807) is 24.1 Å². The van der Waals surface area contributed by atoms with Crippen molar-refractivity contribution in [3.05, 3.63) is 18.0 Å². The van der Waals surface area contributed by atoms with Crippen LogP contribution in [-0.2, 0) is 7.05 Å². The minimum absolute atomic E-state index is 0.0815. The van der Waals surface area contributed by atoms with E-state index in [4.69, 9.17) is 0 Å². The van der Waals surface area contributed by atoms with Gasteiger partial charge in [-0.05, 0) is 25.2 Å². The molecule has 1 aromatic heterocycles. The number of hydrogen-bond donors (Lipinski definition) is 2. The molecule has 1 fully saturated rings. The zero-order chi connectivity index (χ0) is 13.7. The number of aromatic nitrogens is 2. The van der Waals surface area contributed by atoms with E-state index in [1.807, 2.05) is 0 Å². The second-order valence-electron chi connectivity index (χ2n) is 5.39. The van der Waals surface area contributed by atoms with Crippen LogP contribution in [0.2, 0.25) is 0 Å². The summed E-state index contributed by atoms with van der Waals surface area (Å²) in [4.78, 5) is 12.1. The Hall–Kier alpha value is -1.36. The van der Waals surface area contributed by atoms with Gasteiger partial charge in [0.15, 0.2) is 0 Å². The van der Waals surface area contributed by atoms with Crippen molar-refractivity contribution >= 4 is 5.91 Å². The van der Waals surface area contributed by atoms with Crippen molar-refractivity contribution in [2.75, 3.05) is 6.61 Å². The summed E-state index contributed by atoms with van der Waals surface area (Å²) in [6.07, 6.45) is 9.98. The van der Waals surface area contributed by atoms with Crippen LogP contribution in [0, 0.1) is 5.92 Å². The molecule has 2 N–H and O–H groups in total. The predicted molar refractivity (Wildman–Crippen MR) is 72.7 cm³/mol. The third-order valence-corrected chi connectivity index (χ3v) is 3.94. The number of aliphatic hydroxyl groups is 1. The van der Waals surface area contributed by atoms with Gasteiger partial charge in [-0.15, -0.1) is 0 Å². The SMILES string of the molecule is Cn1cc(C(=O)NC(CCO)C2CCCCC2)cn1. The van der Waals surface area contributed by atoms with Gasteiger partial charge in [-0.2, -0.15) is 5.10 Å². The number of amides is 1. The molecule has 1 aliphatic carbocycles. The highest BCUT2D eigenvalue weighted by atomic mass is 16.3. The molecule has 106 valence electrons. The van der Waals surface area contributed by atoms with Crippen LogP contribution in [0.1, 0.15) is 48.9 Å². The van der Waals surface area contributed by atoms with Crippen molar-refractivity contribution in [3.8, 4) is 0 Å². The first kappa shape index (κ1) is 14.1. The van der Waals surface area contributed by atoms with Gasteiger partial charge in [-0.25, -0.2) is 0 Å². The molecule has 19 heavy (non-hydrogen) atoms. The molecule has 5 heteroatoms. The van der Waals surface area contributed by atoms with Crippen molar-refractivity contribution in [2.24, 2.45) is 13.0 Å². The molecule has 0 saturated heterocycles. The highest BCUT2D eigenvalue weighted by molar-refractivity contribution is 5.93. The summed E-state index contributed by atoms with van der Waals surface area (Å²) in [6.45, 7) is 0.120. The first-order valence-electron chi connectivity index (χ1n) is 7.11. The van der Waals surface area contributed by atoms with Crippen LogP contribution in [0.25, 0.3) is 0 Å². The first-order chi connectivity index (χ1) is 9.20. The number of rotatable bonds is 5. The topological polar surface area (TPSA) is 67.2 Å². The molecule has 0 spiro atoms. The van der Waals surface area contributed by atoms with Crippen molar-refractivity contribution in [2.45, 2.75) is 44.6 Å². The summed E-state index contributed by atoms with van der Waals surface area (Å²) in [7, 11) is 1.79. The van der Waals surface area contributed by atoms with Crippen LogP contribution in [0.4, 0.5) is 0 Å². The van der Waals surface area contributed by atoms with Gasteiger partial charge in [-0.1, -0.05) is 19.3 Å². The third-order valence-electron chi connectivity index (χ3n) is 3.94. The molecule has 1 unspecified atom stereocenters. The Morgan fingerprint density at radius 2 is 2.26 bits per heavy atom. The van der Waals surface area contributed by atoms with E-state index < -0.39 is 0 Å². The Labute approximate surface area is 114 Å². The summed E-state index contributed by atoms with van der Waals surface area (Å²) in [6, 6.07) is 0.0815. The summed E-state index contributed by atoms with van der Waals surface area (Å²) in [5.41, 5.74) is 0.584. The minimum atomic E-state index is -0.0860. The van der Waals surface area contributed by atoms with E-state index >= 15 is 0 Å². The lowest BCUT2D eigenvalue weighted by Gasteiger charge is -2.30. The summed E-state index contributed by atoms with van der Waals surface area (Å²) in [5.74, 6) is 0.415. The van der Waals surface area contributed by atoms with Crippen LogP contribution >= 0.6 is 0 Å². The highest BCUT2D eigenvalue weighted by Crippen LogP contribution is 2.27. The second kappa shape index (κ2) is 6.70. The molecular weight excluding hydrogens is 242 g/mol. The summed E-state index contributed by atoms with van der Waals surface area (Å²) < 4.78 is 1.62. The Bertz CT molecular complexity index is 411. The average molecular weight is 265 g/mol. The molecule has 0 aliphatic heterocycles. The largest absolute Gasteiger partial charge is 0.396 e. The van der Waals surface area contributed by atoms with Crippen LogP contribution in [0.15, 0.2) is 12.4 Å². The van der Waals surface area contributed by atoms with Crippen LogP contribution in [0.5, 0.6) is 0 Å². The van der Waals surface area contributed by atoms with Crippen molar-refractivity contribution in [1.29, 1.82) is 0 Å². The fourth-order valence-corrected chi connectivity index (χ4v) is 2.89. The highest BCUT2D eigenvalue weighted by Gasteiger charge is 2.25. The van der Waals surface area contributed by atoms with Gasteiger partial charge in [0.1, 0.15) is 0 Å². The predicted octanol–water partition coefficient (Wildman–Crippen LogP) is 1.48. The van der Waals surface area contributed by atoms with Gasteiger partial charge in [0.25, 0.3) is 5.91 Å². The third kappa shape index (κ3) is 3.80. The van der Waals surface area contributed by atoms with Crippen molar-refractivity contribution in [1.82, 2.24) is 15.1 Å². The zero-order valence-corrected chi connectivity index (χ0v) is 11.5. The Kier molecular flexibility index (Phi) is 4.96. The molecule has 0 bridgehead atoms. The molecule has 1 saturated carbocycles. The smallest absolute Gasteiger partial charge is 0.254 e. The average Bonchev–Trinajstić information content (AvgIpc) is 2.86. The maximum atomic E-state index is 12.1. The molecule has 5 nitrogen and oxygen atoms in total. The molecule has 1 aromatic rings. The van der Waals surface area contributed by atoms with Gasteiger partial charge in [-0.3, -0.25) is 9.48 Å². The quantitative estimate of drug-likeness (QED) is 0.847. The molecule has 0 radical (unpaired) electrons. The summed E-state index contributed by atoms with van der Waals surface area (Å²) in [5, 5.41) is 16.3. The lowest BCUT2D eigenvalue weighted by atomic mass is 9.82. The van der Waals surface area contributed by atoms with Gasteiger partial charge in [0.05, 0.1) is 11.8 Å². The van der Waals surface area contributed by atoms with E-state index in [-0.39, 0.29) is 18.6 Å². The maximum Gasteiger partial charge on any atom is 0.254 e. The Morgan fingerprint density at radius 3 is 2.84 bits per heavy atom. The first-order valence-corrected chi connectivity index (χ1v) is 7.11. The monoisotopic (exact) mass is 265 g/mol. The number of nitrogens with one attached hydrogen (secondary N) is 1. The number of nitrogens with zero attached hydrogens (tertiary/aromatic N) is 2. The van der Waals surface area contributed by atoms with Crippen LogP contribution in [0.3, 0.4) is 0 Å². The van der Waals surface area contributed by atoms with E-state index in [0.29, 0.717) is 17.9 Å². The van der Waals surface area contributed by atoms with Gasteiger partial charge in [0, 0.05) is 25.9 Å². The molecule has 1 heterocycles. The lowest BCUT2D eigenvalue weighted by Crippen LogP contribution is -2.41. The fraction of sp³-hybridized carbons (Fsp3) is 0.714. The summed E-state index contributed by atoms with van der Waals surface area (Å²) >= 11 is 0. The maximum absolute atomic E-state index is 12.1. The van der Waals surface area contributed by atoms with Gasteiger partial charge >= 0.3 is 0 Å². The molecule has 1 atom stereocenters. The lowest BCUT2D eigenvalue weighted by molar-refractivity contribution is 0.0899. The Morgan fingerprint density at radius 1 is 1.53 bits per heavy atom. The molecular formula is C14H23N3O2. The van der Waals surface area contributed by atoms with E-state index in [1.165, 1.54) is 19.3 Å². The molecule has 0 aromatic carbocycles. The number of aryl methyl sites for hydroxylation is 1. The van der Waals surface area contributed by atoms with E-state index in [9.17, 15) is 9.90 Å². The number of hydrogen-bond acceptors (Lipinski definition) is 3. The normalized spacial score (nSPS) is 18.2. The van der Waals surface area contributed by atoms with Gasteiger partial charge < -0.3 is 10.4 Å². The van der Waals surface area contributed by atoms with E-state index in [2.05, 4.69) is 10.4 Å². The van der Waals surface area contributed by atoms with Crippen molar-refractivity contribution in [3.63, 3.8) is 0 Å². The number of carbonyl (C=O) groups excluding carboxylic acids is 1. The molecule has 1 aliphatic rings. The molecule has 2 rings (SSSR count). The number of carbonyl (C=O) groups is 1. The zero-order valence-electron chi connectivity index (χ0n) is 11.5. The van der Waals surface area contributed by atoms with Crippen molar-refractivity contribution < 1.29 is 9.90 Å². The Balaban J connectivity index is 1.97. The van der Waals surface area contributed by atoms with Crippen LogP contribution in [-0.4, -0.2) is 33.4 Å². The minimum Gasteiger partial charge on any atom is -0.396 e. The van der Waals surface area contributed by atoms with E-state index in [0.717, 1.165) is 12.8 Å². The fourth-order valence-electron chi connectivity index (χ4n) is 2.89.